The molecule has 2 aliphatic rings. The Morgan fingerprint density at radius 1 is 0.844 bits per heavy atom. The van der Waals surface area contributed by atoms with E-state index in [0.717, 1.165) is 36.3 Å². The molecule has 1 aromatic carbocycles. The molecule has 1 aromatic rings. The zero-order chi connectivity index (χ0) is 23.0. The molecule has 0 saturated heterocycles. The minimum Gasteiger partial charge on any atom is -0.427 e. The normalized spacial score (nSPS) is 26.6. The highest BCUT2D eigenvalue weighted by atomic mass is 19.4. The number of hydrogen-bond acceptors (Lipinski definition) is 2. The van der Waals surface area contributed by atoms with E-state index < -0.39 is 11.7 Å². The van der Waals surface area contributed by atoms with Crippen molar-refractivity contribution >= 4 is 5.97 Å². The molecule has 0 radical (unpaired) electrons. The number of ether oxygens (including phenoxy) is 1. The molecule has 180 valence electrons. The van der Waals surface area contributed by atoms with Gasteiger partial charge in [0.1, 0.15) is 5.75 Å². The van der Waals surface area contributed by atoms with E-state index in [1.165, 1.54) is 89.2 Å². The number of rotatable bonds is 9. The number of benzene rings is 1. The van der Waals surface area contributed by atoms with Gasteiger partial charge < -0.3 is 4.74 Å². The standard InChI is InChI=1S/C27H39F3O2/c1-2-3-4-5-20-6-11-22(12-7-20)23-13-8-21(9-14-23)10-19-26(31)32-25-17-15-24(16-18-25)27(28,29)30/h15-18,20-23H,2-14,19H2,1H3/t20-,21?,22-,23?. The maximum absolute atomic E-state index is 12.6. The van der Waals surface area contributed by atoms with Crippen molar-refractivity contribution in [1.82, 2.24) is 0 Å². The molecule has 2 aliphatic carbocycles. The van der Waals surface area contributed by atoms with Crippen molar-refractivity contribution in [3.05, 3.63) is 29.8 Å². The molecule has 0 atom stereocenters. The Morgan fingerprint density at radius 3 is 1.88 bits per heavy atom. The number of carbonyl (C=O) groups excluding carboxylic acids is 1. The fourth-order valence-electron chi connectivity index (χ4n) is 5.80. The predicted molar refractivity (Wildman–Crippen MR) is 121 cm³/mol. The molecule has 0 aromatic heterocycles. The second-order valence-electron chi connectivity index (χ2n) is 10.1. The summed E-state index contributed by atoms with van der Waals surface area (Å²) in [5.41, 5.74) is -0.737. The molecule has 2 nitrogen and oxygen atoms in total. The van der Waals surface area contributed by atoms with Crippen LogP contribution in [-0.2, 0) is 11.0 Å². The highest BCUT2D eigenvalue weighted by molar-refractivity contribution is 5.72. The summed E-state index contributed by atoms with van der Waals surface area (Å²) in [4.78, 5) is 12.1. The van der Waals surface area contributed by atoms with Crippen molar-refractivity contribution in [2.24, 2.45) is 23.7 Å². The first-order valence-corrected chi connectivity index (χ1v) is 12.7. The van der Waals surface area contributed by atoms with Crippen LogP contribution < -0.4 is 4.74 Å². The van der Waals surface area contributed by atoms with Crippen molar-refractivity contribution in [2.45, 2.75) is 103 Å². The minimum absolute atomic E-state index is 0.178. The van der Waals surface area contributed by atoms with Gasteiger partial charge in [0.25, 0.3) is 0 Å². The van der Waals surface area contributed by atoms with Crippen molar-refractivity contribution in [3.8, 4) is 5.75 Å². The molecule has 2 fully saturated rings. The lowest BCUT2D eigenvalue weighted by molar-refractivity contribution is -0.137. The van der Waals surface area contributed by atoms with Crippen LogP contribution in [-0.4, -0.2) is 5.97 Å². The third kappa shape index (κ3) is 7.81. The van der Waals surface area contributed by atoms with E-state index in [2.05, 4.69) is 6.92 Å². The summed E-state index contributed by atoms with van der Waals surface area (Å²) in [7, 11) is 0. The van der Waals surface area contributed by atoms with Crippen LogP contribution in [0.15, 0.2) is 24.3 Å². The van der Waals surface area contributed by atoms with Crippen LogP contribution in [0.25, 0.3) is 0 Å². The van der Waals surface area contributed by atoms with Gasteiger partial charge in [-0.2, -0.15) is 13.2 Å². The molecule has 32 heavy (non-hydrogen) atoms. The molecule has 5 heteroatoms. The summed E-state index contributed by atoms with van der Waals surface area (Å²) in [6.07, 6.45) is 12.9. The van der Waals surface area contributed by atoms with E-state index >= 15 is 0 Å². The molecule has 0 N–H and O–H groups in total. The van der Waals surface area contributed by atoms with Gasteiger partial charge in [0, 0.05) is 6.42 Å². The molecule has 0 aliphatic heterocycles. The molecule has 2 saturated carbocycles. The van der Waals surface area contributed by atoms with E-state index in [0.29, 0.717) is 12.3 Å². The van der Waals surface area contributed by atoms with Gasteiger partial charge in [-0.3, -0.25) is 4.79 Å². The van der Waals surface area contributed by atoms with Crippen molar-refractivity contribution in [3.63, 3.8) is 0 Å². The molecule has 0 spiro atoms. The molecule has 0 amide bonds. The topological polar surface area (TPSA) is 26.3 Å². The molecular formula is C27H39F3O2. The second-order valence-corrected chi connectivity index (χ2v) is 10.1. The van der Waals surface area contributed by atoms with Gasteiger partial charge in [0.05, 0.1) is 5.56 Å². The quantitative estimate of drug-likeness (QED) is 0.213. The number of alkyl halides is 3. The lowest BCUT2D eigenvalue weighted by Crippen LogP contribution is -2.26. The fraction of sp³-hybridized carbons (Fsp3) is 0.741. The highest BCUT2D eigenvalue weighted by Crippen LogP contribution is 2.43. The SMILES string of the molecule is CCCCC[C@H]1CC[C@H](C2CCC(CCC(=O)Oc3ccc(C(F)(F)F)cc3)CC2)CC1. The molecule has 3 rings (SSSR count). The van der Waals surface area contributed by atoms with Gasteiger partial charge in [-0.05, 0) is 80.0 Å². The summed E-state index contributed by atoms with van der Waals surface area (Å²) in [5, 5.41) is 0. The van der Waals surface area contributed by atoms with Crippen LogP contribution in [0.3, 0.4) is 0 Å². The van der Waals surface area contributed by atoms with Gasteiger partial charge in [0.2, 0.25) is 0 Å². The van der Waals surface area contributed by atoms with Gasteiger partial charge in [0.15, 0.2) is 0 Å². The van der Waals surface area contributed by atoms with Gasteiger partial charge in [-0.15, -0.1) is 0 Å². The molecule has 0 heterocycles. The Bertz CT molecular complexity index is 682. The van der Waals surface area contributed by atoms with Crippen LogP contribution in [0, 0.1) is 23.7 Å². The summed E-state index contributed by atoms with van der Waals surface area (Å²) in [5.74, 6) is 3.12. The monoisotopic (exact) mass is 452 g/mol. The van der Waals surface area contributed by atoms with Crippen LogP contribution in [0.5, 0.6) is 5.75 Å². The second kappa shape index (κ2) is 12.1. The highest BCUT2D eigenvalue weighted by Gasteiger charge is 2.31. The first kappa shape index (κ1) is 25.1. The van der Waals surface area contributed by atoms with E-state index in [9.17, 15) is 18.0 Å². The average molecular weight is 453 g/mol. The molecule has 0 unspecified atom stereocenters. The number of esters is 1. The first-order valence-electron chi connectivity index (χ1n) is 12.7. The number of hydrogen-bond donors (Lipinski definition) is 0. The summed E-state index contributed by atoms with van der Waals surface area (Å²) >= 11 is 0. The van der Waals surface area contributed by atoms with E-state index in [4.69, 9.17) is 4.74 Å². The van der Waals surface area contributed by atoms with E-state index in [-0.39, 0.29) is 11.7 Å². The first-order chi connectivity index (χ1) is 15.3. The summed E-state index contributed by atoms with van der Waals surface area (Å²) < 4.78 is 43.1. The third-order valence-electron chi connectivity index (χ3n) is 7.84. The Balaban J connectivity index is 1.31. The van der Waals surface area contributed by atoms with Crippen molar-refractivity contribution < 1.29 is 22.7 Å². The molecule has 0 bridgehead atoms. The molecular weight excluding hydrogens is 413 g/mol. The van der Waals surface area contributed by atoms with Gasteiger partial charge >= 0.3 is 12.1 Å². The van der Waals surface area contributed by atoms with Crippen LogP contribution in [0.1, 0.15) is 102 Å². The van der Waals surface area contributed by atoms with Crippen molar-refractivity contribution in [1.29, 1.82) is 0 Å². The average Bonchev–Trinajstić information content (AvgIpc) is 2.78. The Kier molecular flexibility index (Phi) is 9.48. The van der Waals surface area contributed by atoms with Crippen molar-refractivity contribution in [2.75, 3.05) is 0 Å². The summed E-state index contributed by atoms with van der Waals surface area (Å²) in [6.45, 7) is 2.27. The number of carbonyl (C=O) groups is 1. The smallest absolute Gasteiger partial charge is 0.416 e. The lowest BCUT2D eigenvalue weighted by atomic mass is 9.68. The maximum atomic E-state index is 12.6. The number of halogens is 3. The fourth-order valence-corrected chi connectivity index (χ4v) is 5.80. The Hall–Kier alpha value is -1.52. The summed E-state index contributed by atoms with van der Waals surface area (Å²) in [6, 6.07) is 4.32. The zero-order valence-corrected chi connectivity index (χ0v) is 19.5. The van der Waals surface area contributed by atoms with Crippen LogP contribution in [0.2, 0.25) is 0 Å². The van der Waals surface area contributed by atoms with Crippen LogP contribution >= 0.6 is 0 Å². The van der Waals surface area contributed by atoms with Crippen LogP contribution in [0.4, 0.5) is 13.2 Å². The maximum Gasteiger partial charge on any atom is 0.416 e. The predicted octanol–water partition coefficient (Wildman–Crippen LogP) is 8.58. The zero-order valence-electron chi connectivity index (χ0n) is 19.5. The third-order valence-corrected chi connectivity index (χ3v) is 7.84. The number of unbranched alkanes of at least 4 members (excludes halogenated alkanes) is 2. The minimum atomic E-state index is -4.38. The van der Waals surface area contributed by atoms with E-state index in [1.807, 2.05) is 0 Å². The lowest BCUT2D eigenvalue weighted by Gasteiger charge is -2.38. The Morgan fingerprint density at radius 2 is 1.38 bits per heavy atom. The van der Waals surface area contributed by atoms with E-state index in [1.54, 1.807) is 0 Å². The Labute approximate surface area is 191 Å². The van der Waals surface area contributed by atoms with Gasteiger partial charge in [-0.25, -0.2) is 0 Å². The van der Waals surface area contributed by atoms with Gasteiger partial charge in [-0.1, -0.05) is 58.3 Å². The largest absolute Gasteiger partial charge is 0.427 e.